The van der Waals surface area contributed by atoms with Crippen LogP contribution in [0.5, 0.6) is 5.75 Å². The molecule has 134 valence electrons. The van der Waals surface area contributed by atoms with Crippen LogP contribution < -0.4 is 10.1 Å². The van der Waals surface area contributed by atoms with Crippen LogP contribution in [0.15, 0.2) is 24.3 Å². The molecule has 3 atom stereocenters. The zero-order chi connectivity index (χ0) is 17.0. The van der Waals surface area contributed by atoms with E-state index in [-0.39, 0.29) is 12.1 Å². The minimum Gasteiger partial charge on any atom is -0.488 e. The van der Waals surface area contributed by atoms with Crippen LogP contribution >= 0.6 is 0 Å². The predicted octanol–water partition coefficient (Wildman–Crippen LogP) is 2.94. The van der Waals surface area contributed by atoms with Gasteiger partial charge < -0.3 is 20.3 Å². The highest BCUT2D eigenvalue weighted by atomic mass is 16.5. The van der Waals surface area contributed by atoms with Crippen molar-refractivity contribution in [3.63, 3.8) is 0 Å². The van der Waals surface area contributed by atoms with Gasteiger partial charge in [-0.3, -0.25) is 0 Å². The second-order valence-electron chi connectivity index (χ2n) is 7.64. The number of nitrogens with one attached hydrogen (secondary N) is 1. The Morgan fingerprint density at radius 2 is 2.00 bits per heavy atom. The quantitative estimate of drug-likeness (QED) is 0.749. The summed E-state index contributed by atoms with van der Waals surface area (Å²) < 4.78 is 6.04. The van der Waals surface area contributed by atoms with Crippen molar-refractivity contribution >= 4 is 0 Å². The third-order valence-electron chi connectivity index (χ3n) is 5.61. The van der Waals surface area contributed by atoms with Gasteiger partial charge in [0.25, 0.3) is 0 Å². The van der Waals surface area contributed by atoms with Gasteiger partial charge in [0.2, 0.25) is 0 Å². The first kappa shape index (κ1) is 17.7. The summed E-state index contributed by atoms with van der Waals surface area (Å²) in [4.78, 5) is 0. The van der Waals surface area contributed by atoms with Crippen molar-refractivity contribution in [2.24, 2.45) is 0 Å². The van der Waals surface area contributed by atoms with E-state index in [1.165, 1.54) is 0 Å². The first-order valence-electron chi connectivity index (χ1n) is 9.43. The van der Waals surface area contributed by atoms with E-state index in [9.17, 15) is 10.2 Å². The van der Waals surface area contributed by atoms with Crippen LogP contribution in [0.1, 0.15) is 56.9 Å². The summed E-state index contributed by atoms with van der Waals surface area (Å²) in [5.41, 5.74) is 0.682. The molecule has 0 spiro atoms. The lowest BCUT2D eigenvalue weighted by molar-refractivity contribution is -0.0183. The number of aliphatic hydroxyl groups is 2. The molecule has 0 saturated heterocycles. The van der Waals surface area contributed by atoms with Gasteiger partial charge in [0.05, 0.1) is 5.60 Å². The molecule has 2 aliphatic carbocycles. The summed E-state index contributed by atoms with van der Waals surface area (Å²) in [5, 5.41) is 24.6. The lowest BCUT2D eigenvalue weighted by Crippen LogP contribution is -2.52. The number of aliphatic hydroxyl groups excluding tert-OH is 1. The maximum Gasteiger partial charge on any atom is 0.126 e. The fraction of sp³-hybridized carbons (Fsp3) is 0.700. The summed E-state index contributed by atoms with van der Waals surface area (Å²) in [5.74, 6) is 0.833. The molecule has 1 aromatic carbocycles. The highest BCUT2D eigenvalue weighted by molar-refractivity contribution is 5.27. The maximum absolute atomic E-state index is 10.7. The third kappa shape index (κ3) is 4.50. The standard InChI is InChI=1S/C20H31NO3/c1-15-6-4-7-16(14-15)24-18-9-5-8-17(19(18)22)21-13-12-20(23)10-2-3-11-20/h4,6-7,14,17-19,21-23H,2-3,5,8-13H2,1H3/t17-,18+,19+/m0/s1. The number of ether oxygens (including phenoxy) is 1. The summed E-state index contributed by atoms with van der Waals surface area (Å²) in [6.07, 6.45) is 7.12. The average molecular weight is 333 g/mol. The SMILES string of the molecule is Cc1cccc(O[C@@H]2CCC[C@H](NCCC3(O)CCCC3)[C@H]2O)c1. The fourth-order valence-corrected chi connectivity index (χ4v) is 4.13. The number of benzene rings is 1. The molecule has 2 aliphatic rings. The van der Waals surface area contributed by atoms with E-state index < -0.39 is 11.7 Å². The van der Waals surface area contributed by atoms with Gasteiger partial charge in [0.15, 0.2) is 0 Å². The van der Waals surface area contributed by atoms with Gasteiger partial charge in [0, 0.05) is 6.04 Å². The van der Waals surface area contributed by atoms with Crippen molar-refractivity contribution in [3.05, 3.63) is 29.8 Å². The molecule has 1 aromatic rings. The molecular formula is C20H31NO3. The van der Waals surface area contributed by atoms with Crippen molar-refractivity contribution < 1.29 is 14.9 Å². The van der Waals surface area contributed by atoms with Crippen LogP contribution in [0, 0.1) is 6.92 Å². The largest absolute Gasteiger partial charge is 0.488 e. The van der Waals surface area contributed by atoms with E-state index >= 15 is 0 Å². The Kier molecular flexibility index (Phi) is 5.80. The van der Waals surface area contributed by atoms with Crippen molar-refractivity contribution in [2.45, 2.75) is 82.1 Å². The Labute approximate surface area is 145 Å². The first-order chi connectivity index (χ1) is 11.6. The zero-order valence-electron chi connectivity index (χ0n) is 14.7. The predicted molar refractivity (Wildman–Crippen MR) is 95.3 cm³/mol. The van der Waals surface area contributed by atoms with Gasteiger partial charge in [-0.15, -0.1) is 0 Å². The molecule has 2 saturated carbocycles. The van der Waals surface area contributed by atoms with E-state index in [1.54, 1.807) is 0 Å². The van der Waals surface area contributed by atoms with E-state index in [0.29, 0.717) is 0 Å². The Morgan fingerprint density at radius 3 is 2.75 bits per heavy atom. The highest BCUT2D eigenvalue weighted by Gasteiger charge is 2.34. The average Bonchev–Trinajstić information content (AvgIpc) is 2.98. The molecule has 0 amide bonds. The molecule has 3 rings (SSSR count). The second-order valence-corrected chi connectivity index (χ2v) is 7.64. The van der Waals surface area contributed by atoms with Crippen LogP contribution in [0.2, 0.25) is 0 Å². The molecule has 0 heterocycles. The number of hydrogen-bond acceptors (Lipinski definition) is 4. The molecule has 24 heavy (non-hydrogen) atoms. The molecule has 0 aromatic heterocycles. The summed E-state index contributed by atoms with van der Waals surface area (Å²) in [6.45, 7) is 2.80. The molecule has 0 aliphatic heterocycles. The lowest BCUT2D eigenvalue weighted by atomic mass is 9.89. The Morgan fingerprint density at radius 1 is 1.21 bits per heavy atom. The maximum atomic E-state index is 10.7. The van der Waals surface area contributed by atoms with Crippen LogP contribution in [0.3, 0.4) is 0 Å². The van der Waals surface area contributed by atoms with Gasteiger partial charge in [-0.05, 0) is 69.7 Å². The molecule has 4 nitrogen and oxygen atoms in total. The summed E-state index contributed by atoms with van der Waals surface area (Å²) >= 11 is 0. The zero-order valence-corrected chi connectivity index (χ0v) is 14.7. The summed E-state index contributed by atoms with van der Waals surface area (Å²) in [6, 6.07) is 8.05. The minimum atomic E-state index is -0.502. The van der Waals surface area contributed by atoms with Gasteiger partial charge in [-0.25, -0.2) is 0 Å². The van der Waals surface area contributed by atoms with Crippen LogP contribution in [-0.4, -0.2) is 40.6 Å². The lowest BCUT2D eigenvalue weighted by Gasteiger charge is -2.36. The normalized spacial score (nSPS) is 29.5. The van der Waals surface area contributed by atoms with Crippen molar-refractivity contribution in [1.29, 1.82) is 0 Å². The fourth-order valence-electron chi connectivity index (χ4n) is 4.13. The minimum absolute atomic E-state index is 0.0542. The Bertz CT molecular complexity index is 527. The smallest absolute Gasteiger partial charge is 0.126 e. The Hall–Kier alpha value is -1.10. The number of aryl methyl sites for hydroxylation is 1. The number of rotatable bonds is 6. The topological polar surface area (TPSA) is 61.7 Å². The molecule has 4 heteroatoms. The van der Waals surface area contributed by atoms with Crippen LogP contribution in [0.4, 0.5) is 0 Å². The third-order valence-corrected chi connectivity index (χ3v) is 5.61. The molecule has 3 N–H and O–H groups in total. The monoisotopic (exact) mass is 333 g/mol. The molecule has 0 radical (unpaired) electrons. The highest BCUT2D eigenvalue weighted by Crippen LogP contribution is 2.32. The van der Waals surface area contributed by atoms with E-state index in [2.05, 4.69) is 5.32 Å². The molecule has 0 unspecified atom stereocenters. The number of hydrogen-bond donors (Lipinski definition) is 3. The van der Waals surface area contributed by atoms with Crippen molar-refractivity contribution in [1.82, 2.24) is 5.32 Å². The van der Waals surface area contributed by atoms with Gasteiger partial charge >= 0.3 is 0 Å². The van der Waals surface area contributed by atoms with Crippen molar-refractivity contribution in [2.75, 3.05) is 6.54 Å². The van der Waals surface area contributed by atoms with E-state index in [4.69, 9.17) is 4.74 Å². The second kappa shape index (κ2) is 7.85. The van der Waals surface area contributed by atoms with E-state index in [1.807, 2.05) is 31.2 Å². The van der Waals surface area contributed by atoms with Gasteiger partial charge in [0.1, 0.15) is 18.0 Å². The van der Waals surface area contributed by atoms with Crippen molar-refractivity contribution in [3.8, 4) is 5.75 Å². The molecule has 2 fully saturated rings. The summed E-state index contributed by atoms with van der Waals surface area (Å²) in [7, 11) is 0. The van der Waals surface area contributed by atoms with Gasteiger partial charge in [-0.2, -0.15) is 0 Å². The molecule has 0 bridgehead atoms. The van der Waals surface area contributed by atoms with Gasteiger partial charge in [-0.1, -0.05) is 25.0 Å². The molecular weight excluding hydrogens is 302 g/mol. The van der Waals surface area contributed by atoms with E-state index in [0.717, 1.165) is 69.2 Å². The van der Waals surface area contributed by atoms with Crippen LogP contribution in [-0.2, 0) is 0 Å². The first-order valence-corrected chi connectivity index (χ1v) is 9.43. The van der Waals surface area contributed by atoms with Crippen LogP contribution in [0.25, 0.3) is 0 Å². The Balaban J connectivity index is 1.50.